The largest absolute Gasteiger partial charge is 0.392 e. The lowest BCUT2D eigenvalue weighted by molar-refractivity contribution is -0.153. The van der Waals surface area contributed by atoms with Gasteiger partial charge in [0.15, 0.2) is 0 Å². The molecule has 2 rings (SSSR count). The lowest BCUT2D eigenvalue weighted by atomic mass is 9.90. The third-order valence-corrected chi connectivity index (χ3v) is 4.12. The Bertz CT molecular complexity index is 397. The zero-order chi connectivity index (χ0) is 11.3. The van der Waals surface area contributed by atoms with E-state index in [9.17, 15) is 9.59 Å². The number of cyclic esters (lactones) is 2. The van der Waals surface area contributed by atoms with Gasteiger partial charge in [-0.2, -0.15) is 0 Å². The topological polar surface area (TPSA) is 43.4 Å². The molecule has 0 radical (unpaired) electrons. The van der Waals surface area contributed by atoms with Crippen LogP contribution in [0.25, 0.3) is 0 Å². The van der Waals surface area contributed by atoms with Crippen LogP contribution >= 0.6 is 46.4 Å². The number of rotatable bonds is 0. The average molecular weight is 288 g/mol. The molecule has 1 aliphatic carbocycles. The number of fused-ring (bicyclic) bond motifs is 1. The second-order valence-corrected chi connectivity index (χ2v) is 4.59. The van der Waals surface area contributed by atoms with Crippen molar-refractivity contribution >= 4 is 58.3 Å². The Morgan fingerprint density at radius 3 is 1.47 bits per heavy atom. The fourth-order valence-electron chi connectivity index (χ4n) is 1.48. The second kappa shape index (κ2) is 3.67. The normalized spacial score (nSPS) is 30.9. The molecule has 0 N–H and O–H groups in total. The highest BCUT2D eigenvalue weighted by atomic mass is 35.5. The third kappa shape index (κ3) is 1.49. The number of hydrogen-bond acceptors (Lipinski definition) is 3. The predicted octanol–water partition coefficient (Wildman–Crippen LogP) is 2.69. The van der Waals surface area contributed by atoms with Gasteiger partial charge in [-0.25, -0.2) is 0 Å². The summed E-state index contributed by atoms with van der Waals surface area (Å²) in [6.07, 6.45) is 0. The van der Waals surface area contributed by atoms with Crippen LogP contribution in [0.2, 0.25) is 0 Å². The molecule has 80 valence electrons. The highest BCUT2D eigenvalue weighted by molar-refractivity contribution is 6.52. The molecule has 1 saturated heterocycles. The van der Waals surface area contributed by atoms with Gasteiger partial charge < -0.3 is 4.74 Å². The lowest BCUT2D eigenvalue weighted by Crippen LogP contribution is -2.23. The summed E-state index contributed by atoms with van der Waals surface area (Å²) in [6.45, 7) is 0. The average Bonchev–Trinajstić information content (AvgIpc) is 2.47. The minimum absolute atomic E-state index is 0.00748. The number of esters is 2. The van der Waals surface area contributed by atoms with Gasteiger partial charge in [0.1, 0.15) is 11.8 Å². The molecule has 1 aliphatic heterocycles. The highest BCUT2D eigenvalue weighted by Crippen LogP contribution is 2.48. The number of carbonyl (C=O) groups is 2. The van der Waals surface area contributed by atoms with E-state index in [1.54, 1.807) is 0 Å². The molecule has 0 amide bonds. The van der Waals surface area contributed by atoms with Crippen LogP contribution in [0.3, 0.4) is 0 Å². The summed E-state index contributed by atoms with van der Waals surface area (Å²) in [6, 6.07) is 0. The molecule has 2 atom stereocenters. The van der Waals surface area contributed by atoms with E-state index in [2.05, 4.69) is 4.74 Å². The first-order chi connectivity index (χ1) is 6.95. The minimum atomic E-state index is -0.957. The van der Waals surface area contributed by atoms with Gasteiger partial charge in [-0.3, -0.25) is 9.59 Å². The van der Waals surface area contributed by atoms with Gasteiger partial charge in [0, 0.05) is 0 Å². The molecule has 0 saturated carbocycles. The zero-order valence-corrected chi connectivity index (χ0v) is 9.92. The fraction of sp³-hybridized carbons (Fsp3) is 0.250. The summed E-state index contributed by atoms with van der Waals surface area (Å²) in [7, 11) is 0. The van der Waals surface area contributed by atoms with Crippen LogP contribution in [0.15, 0.2) is 20.1 Å². The first kappa shape index (κ1) is 11.3. The Morgan fingerprint density at radius 2 is 1.13 bits per heavy atom. The van der Waals surface area contributed by atoms with Crippen molar-refractivity contribution in [3.63, 3.8) is 0 Å². The van der Waals surface area contributed by atoms with E-state index < -0.39 is 23.8 Å². The number of allylic oxidation sites excluding steroid dienone is 2. The second-order valence-electron chi connectivity index (χ2n) is 3.02. The van der Waals surface area contributed by atoms with Crippen LogP contribution < -0.4 is 0 Å². The summed E-state index contributed by atoms with van der Waals surface area (Å²) in [4.78, 5) is 22.6. The smallest absolute Gasteiger partial charge is 0.323 e. The van der Waals surface area contributed by atoms with Gasteiger partial charge in [0.2, 0.25) is 0 Å². The molecule has 0 spiro atoms. The van der Waals surface area contributed by atoms with Crippen molar-refractivity contribution in [2.45, 2.75) is 0 Å². The molecule has 0 aromatic heterocycles. The number of ether oxygens (including phenoxy) is 1. The Kier molecular flexibility index (Phi) is 2.75. The standard InChI is InChI=1S/C8H2Cl4O3/c9-3-1-2(8(14)15-7(1)13)4(10)6(12)5(3)11/h1-2H/t1-,2-/m1/s1. The van der Waals surface area contributed by atoms with Crippen LogP contribution in [0.5, 0.6) is 0 Å². The lowest BCUT2D eigenvalue weighted by Gasteiger charge is -2.20. The van der Waals surface area contributed by atoms with Crippen molar-refractivity contribution in [3.05, 3.63) is 20.1 Å². The Hall–Kier alpha value is -0.220. The van der Waals surface area contributed by atoms with Crippen molar-refractivity contribution in [2.24, 2.45) is 11.8 Å². The molecule has 0 bridgehead atoms. The van der Waals surface area contributed by atoms with Gasteiger partial charge in [-0.15, -0.1) is 0 Å². The maximum absolute atomic E-state index is 11.3. The van der Waals surface area contributed by atoms with Crippen molar-refractivity contribution in [2.75, 3.05) is 0 Å². The molecular formula is C8H2Cl4O3. The Labute approximate surface area is 105 Å². The monoisotopic (exact) mass is 286 g/mol. The zero-order valence-electron chi connectivity index (χ0n) is 6.89. The maximum atomic E-state index is 11.3. The van der Waals surface area contributed by atoms with E-state index >= 15 is 0 Å². The van der Waals surface area contributed by atoms with Gasteiger partial charge in [0.05, 0.1) is 20.1 Å². The molecule has 3 nitrogen and oxygen atoms in total. The van der Waals surface area contributed by atoms with Crippen LogP contribution in [-0.2, 0) is 14.3 Å². The molecule has 15 heavy (non-hydrogen) atoms. The van der Waals surface area contributed by atoms with Crippen molar-refractivity contribution in [1.82, 2.24) is 0 Å². The molecule has 2 aliphatic rings. The van der Waals surface area contributed by atoms with Crippen molar-refractivity contribution in [1.29, 1.82) is 0 Å². The maximum Gasteiger partial charge on any atom is 0.323 e. The van der Waals surface area contributed by atoms with Crippen LogP contribution in [0.4, 0.5) is 0 Å². The number of halogens is 4. The van der Waals surface area contributed by atoms with Gasteiger partial charge >= 0.3 is 11.9 Å². The van der Waals surface area contributed by atoms with Gasteiger partial charge in [-0.1, -0.05) is 46.4 Å². The van der Waals surface area contributed by atoms with Gasteiger partial charge in [-0.05, 0) is 0 Å². The van der Waals surface area contributed by atoms with Crippen LogP contribution in [-0.4, -0.2) is 11.9 Å². The molecule has 7 heteroatoms. The molecule has 1 fully saturated rings. The Morgan fingerprint density at radius 1 is 0.800 bits per heavy atom. The summed E-state index contributed by atoms with van der Waals surface area (Å²) >= 11 is 23.1. The third-order valence-electron chi connectivity index (χ3n) is 2.20. The molecule has 1 heterocycles. The summed E-state index contributed by atoms with van der Waals surface area (Å²) in [5.41, 5.74) is 0. The fourth-order valence-corrected chi connectivity index (χ4v) is 2.64. The van der Waals surface area contributed by atoms with Crippen LogP contribution in [0, 0.1) is 11.8 Å². The van der Waals surface area contributed by atoms with Crippen molar-refractivity contribution < 1.29 is 14.3 Å². The highest BCUT2D eigenvalue weighted by Gasteiger charge is 2.51. The van der Waals surface area contributed by atoms with Gasteiger partial charge in [0.25, 0.3) is 0 Å². The van der Waals surface area contributed by atoms with E-state index in [1.165, 1.54) is 0 Å². The van der Waals surface area contributed by atoms with E-state index in [1.807, 2.05) is 0 Å². The SMILES string of the molecule is O=C1OC(=O)[C@H]2C(Cl)=C(Cl)C(Cl)=C(Cl)[C@H]12. The summed E-state index contributed by atoms with van der Waals surface area (Å²) in [5.74, 6) is -3.42. The Balaban J connectivity index is 2.61. The minimum Gasteiger partial charge on any atom is -0.392 e. The van der Waals surface area contributed by atoms with Crippen LogP contribution in [0.1, 0.15) is 0 Å². The van der Waals surface area contributed by atoms with E-state index in [0.717, 1.165) is 0 Å². The first-order valence-corrected chi connectivity index (χ1v) is 5.32. The molecule has 0 aromatic rings. The number of hydrogen-bond donors (Lipinski definition) is 0. The first-order valence-electron chi connectivity index (χ1n) is 3.81. The molecule has 0 unspecified atom stereocenters. The summed E-state index contributed by atoms with van der Waals surface area (Å²) in [5, 5.41) is -0.0497. The predicted molar refractivity (Wildman–Crippen MR) is 55.5 cm³/mol. The molecular weight excluding hydrogens is 286 g/mol. The van der Waals surface area contributed by atoms with E-state index in [0.29, 0.717) is 0 Å². The quantitative estimate of drug-likeness (QED) is 0.508. The molecule has 0 aromatic carbocycles. The van der Waals surface area contributed by atoms with E-state index in [4.69, 9.17) is 46.4 Å². The van der Waals surface area contributed by atoms with E-state index in [-0.39, 0.29) is 20.1 Å². The number of carbonyl (C=O) groups excluding carboxylic acids is 2. The summed E-state index contributed by atoms with van der Waals surface area (Å²) < 4.78 is 4.41. The van der Waals surface area contributed by atoms with Crippen molar-refractivity contribution in [3.8, 4) is 0 Å².